The summed E-state index contributed by atoms with van der Waals surface area (Å²) in [6.07, 6.45) is 0.755. The Morgan fingerprint density at radius 1 is 1.64 bits per heavy atom. The van der Waals surface area contributed by atoms with Crippen molar-refractivity contribution in [2.24, 2.45) is 0 Å². The predicted octanol–water partition coefficient (Wildman–Crippen LogP) is -0.931. The van der Waals surface area contributed by atoms with E-state index in [1.165, 1.54) is 0 Å². The van der Waals surface area contributed by atoms with Crippen LogP contribution in [0, 0.1) is 0 Å². The van der Waals surface area contributed by atoms with E-state index in [0.717, 1.165) is 25.3 Å². The molecule has 0 aliphatic carbocycles. The van der Waals surface area contributed by atoms with Crippen LogP contribution in [0.5, 0.6) is 0 Å². The lowest BCUT2D eigenvalue weighted by Crippen LogP contribution is -2.57. The molecule has 0 radical (unpaired) electrons. The topological polar surface area (TPSA) is 82.7 Å². The fraction of sp³-hybridized carbons (Fsp3) is 0.625. The summed E-state index contributed by atoms with van der Waals surface area (Å²) in [6, 6.07) is 0.228. The second-order valence-corrected chi connectivity index (χ2v) is 3.29. The Kier molecular flexibility index (Phi) is 2.45. The van der Waals surface area contributed by atoms with Gasteiger partial charge in [0.1, 0.15) is 5.82 Å². The van der Waals surface area contributed by atoms with Gasteiger partial charge in [0, 0.05) is 19.5 Å². The zero-order valence-corrected chi connectivity index (χ0v) is 8.00. The number of carbonyl (C=O) groups is 1. The Balaban J connectivity index is 1.95. The lowest BCUT2D eigenvalue weighted by molar-refractivity contribution is 0.0913. The number of amides is 1. The van der Waals surface area contributed by atoms with Gasteiger partial charge in [-0.2, -0.15) is 0 Å². The number of nitrogens with zero attached hydrogens (tertiary/aromatic N) is 2. The maximum Gasteiger partial charge on any atom is 0.291 e. The van der Waals surface area contributed by atoms with Gasteiger partial charge in [-0.05, 0) is 0 Å². The second-order valence-electron chi connectivity index (χ2n) is 3.29. The molecule has 3 N–H and O–H groups in total. The highest BCUT2D eigenvalue weighted by molar-refractivity contribution is 5.90. The maximum absolute atomic E-state index is 11.5. The van der Waals surface area contributed by atoms with Crippen LogP contribution in [0.1, 0.15) is 23.4 Å². The molecule has 2 rings (SSSR count). The van der Waals surface area contributed by atoms with Crippen molar-refractivity contribution in [2.45, 2.75) is 19.4 Å². The molecule has 6 nitrogen and oxygen atoms in total. The number of carbonyl (C=O) groups excluding carboxylic acids is 1. The third-order valence-corrected chi connectivity index (χ3v) is 2.19. The number of nitrogens with one attached hydrogen (secondary N) is 3. The summed E-state index contributed by atoms with van der Waals surface area (Å²) in [4.78, 5) is 15.5. The largest absolute Gasteiger partial charge is 0.344 e. The van der Waals surface area contributed by atoms with Crippen LogP contribution < -0.4 is 10.6 Å². The number of aromatic nitrogens is 3. The highest BCUT2D eigenvalue weighted by Gasteiger charge is 2.21. The molecule has 1 fully saturated rings. The first-order valence-electron chi connectivity index (χ1n) is 4.72. The molecule has 0 spiro atoms. The summed E-state index contributed by atoms with van der Waals surface area (Å²) in [6.45, 7) is 3.62. The molecule has 1 aliphatic rings. The van der Waals surface area contributed by atoms with Gasteiger partial charge in [-0.15, -0.1) is 5.10 Å². The molecule has 1 aromatic heterocycles. The molecule has 0 saturated carbocycles. The van der Waals surface area contributed by atoms with Crippen molar-refractivity contribution in [3.63, 3.8) is 0 Å². The first-order chi connectivity index (χ1) is 6.79. The summed E-state index contributed by atoms with van der Waals surface area (Å²) in [5, 5.41) is 12.4. The van der Waals surface area contributed by atoms with E-state index in [0.29, 0.717) is 0 Å². The van der Waals surface area contributed by atoms with E-state index >= 15 is 0 Å². The molecule has 0 unspecified atom stereocenters. The summed E-state index contributed by atoms with van der Waals surface area (Å²) >= 11 is 0. The molecule has 0 atom stereocenters. The standard InChI is InChI=1S/C8H13N5O/c1-2-6-11-7(13-12-6)8(14)10-5-3-9-4-5/h5,9H,2-4H2,1H3,(H,10,14)(H,11,12,13). The number of hydrogen-bond donors (Lipinski definition) is 3. The van der Waals surface area contributed by atoms with Gasteiger partial charge >= 0.3 is 0 Å². The summed E-state index contributed by atoms with van der Waals surface area (Å²) in [7, 11) is 0. The van der Waals surface area contributed by atoms with Crippen LogP contribution in [0.2, 0.25) is 0 Å². The highest BCUT2D eigenvalue weighted by Crippen LogP contribution is 1.96. The molecular weight excluding hydrogens is 182 g/mol. The van der Waals surface area contributed by atoms with Crippen molar-refractivity contribution in [1.82, 2.24) is 25.8 Å². The van der Waals surface area contributed by atoms with Crippen molar-refractivity contribution in [3.8, 4) is 0 Å². The van der Waals surface area contributed by atoms with E-state index in [-0.39, 0.29) is 17.8 Å². The van der Waals surface area contributed by atoms with E-state index in [9.17, 15) is 4.79 Å². The average molecular weight is 195 g/mol. The quantitative estimate of drug-likeness (QED) is 0.582. The smallest absolute Gasteiger partial charge is 0.291 e. The normalized spacial score (nSPS) is 16.4. The van der Waals surface area contributed by atoms with E-state index in [1.807, 2.05) is 6.92 Å². The van der Waals surface area contributed by atoms with Gasteiger partial charge in [0.25, 0.3) is 5.91 Å². The molecule has 76 valence electrons. The van der Waals surface area contributed by atoms with Crippen LogP contribution in [0.3, 0.4) is 0 Å². The van der Waals surface area contributed by atoms with Gasteiger partial charge < -0.3 is 10.6 Å². The first kappa shape index (κ1) is 9.14. The average Bonchev–Trinajstić information content (AvgIpc) is 2.59. The maximum atomic E-state index is 11.5. The Morgan fingerprint density at radius 3 is 2.93 bits per heavy atom. The van der Waals surface area contributed by atoms with Crippen molar-refractivity contribution >= 4 is 5.91 Å². The number of aryl methyl sites for hydroxylation is 1. The van der Waals surface area contributed by atoms with Crippen LogP contribution in [0.25, 0.3) is 0 Å². The Bertz CT molecular complexity index is 330. The summed E-state index contributed by atoms with van der Waals surface area (Å²) in [5.74, 6) is 0.767. The van der Waals surface area contributed by atoms with Crippen molar-refractivity contribution in [1.29, 1.82) is 0 Å². The SMILES string of the molecule is CCc1nc(C(=O)NC2CNC2)n[nH]1. The zero-order chi connectivity index (χ0) is 9.97. The fourth-order valence-corrected chi connectivity index (χ4v) is 1.20. The molecule has 1 saturated heterocycles. The van der Waals surface area contributed by atoms with Crippen molar-refractivity contribution in [3.05, 3.63) is 11.6 Å². The Hall–Kier alpha value is -1.43. The summed E-state index contributed by atoms with van der Waals surface area (Å²) < 4.78 is 0. The van der Waals surface area contributed by atoms with Crippen LogP contribution in [0.4, 0.5) is 0 Å². The molecule has 0 bridgehead atoms. The number of rotatable bonds is 3. The minimum absolute atomic E-state index is 0.201. The molecule has 6 heteroatoms. The van der Waals surface area contributed by atoms with E-state index in [2.05, 4.69) is 25.8 Å². The van der Waals surface area contributed by atoms with Crippen LogP contribution in [-0.2, 0) is 6.42 Å². The molecule has 2 heterocycles. The number of hydrogen-bond acceptors (Lipinski definition) is 4. The van der Waals surface area contributed by atoms with Gasteiger partial charge in [-0.1, -0.05) is 6.92 Å². The van der Waals surface area contributed by atoms with Gasteiger partial charge in [-0.3, -0.25) is 9.89 Å². The molecule has 14 heavy (non-hydrogen) atoms. The zero-order valence-electron chi connectivity index (χ0n) is 8.00. The Morgan fingerprint density at radius 2 is 2.43 bits per heavy atom. The highest BCUT2D eigenvalue weighted by atomic mass is 16.2. The minimum Gasteiger partial charge on any atom is -0.344 e. The molecule has 1 aliphatic heterocycles. The first-order valence-corrected chi connectivity index (χ1v) is 4.72. The third-order valence-electron chi connectivity index (χ3n) is 2.19. The third kappa shape index (κ3) is 1.74. The summed E-state index contributed by atoms with van der Waals surface area (Å²) in [5.41, 5.74) is 0. The number of H-pyrrole nitrogens is 1. The lowest BCUT2D eigenvalue weighted by Gasteiger charge is -2.27. The van der Waals surface area contributed by atoms with Gasteiger partial charge in [0.2, 0.25) is 5.82 Å². The molecule has 1 aromatic rings. The van der Waals surface area contributed by atoms with Crippen molar-refractivity contribution < 1.29 is 4.79 Å². The van der Waals surface area contributed by atoms with Crippen molar-refractivity contribution in [2.75, 3.05) is 13.1 Å². The van der Waals surface area contributed by atoms with Gasteiger partial charge in [-0.25, -0.2) is 4.98 Å². The van der Waals surface area contributed by atoms with Gasteiger partial charge in [0.05, 0.1) is 6.04 Å². The van der Waals surface area contributed by atoms with Gasteiger partial charge in [0.15, 0.2) is 0 Å². The monoisotopic (exact) mass is 195 g/mol. The Labute approximate surface area is 81.5 Å². The van der Waals surface area contributed by atoms with E-state index in [1.54, 1.807) is 0 Å². The number of aromatic amines is 1. The fourth-order valence-electron chi connectivity index (χ4n) is 1.20. The molecule has 0 aromatic carbocycles. The van der Waals surface area contributed by atoms with Crippen LogP contribution in [0.15, 0.2) is 0 Å². The minimum atomic E-state index is -0.201. The lowest BCUT2D eigenvalue weighted by atomic mass is 10.2. The molecule has 1 amide bonds. The van der Waals surface area contributed by atoms with E-state index in [4.69, 9.17) is 0 Å². The second kappa shape index (κ2) is 3.75. The molecular formula is C8H13N5O. The van der Waals surface area contributed by atoms with Crippen LogP contribution >= 0.6 is 0 Å². The predicted molar refractivity (Wildman–Crippen MR) is 49.9 cm³/mol. The van der Waals surface area contributed by atoms with Crippen LogP contribution in [-0.4, -0.2) is 40.2 Å². The van der Waals surface area contributed by atoms with E-state index < -0.39 is 0 Å².